The Morgan fingerprint density at radius 2 is 1.90 bits per heavy atom. The van der Waals surface area contributed by atoms with Gasteiger partial charge in [0, 0.05) is 12.1 Å². The minimum atomic E-state index is -1.49. The molecule has 0 atom stereocenters. The summed E-state index contributed by atoms with van der Waals surface area (Å²) >= 11 is 0. The summed E-state index contributed by atoms with van der Waals surface area (Å²) in [5.74, 6) is -3.52. The fraction of sp³-hybridized carbons (Fsp3) is 0.0833. The van der Waals surface area contributed by atoms with Gasteiger partial charge in [-0.25, -0.2) is 28.1 Å². The first-order chi connectivity index (χ1) is 9.66. The molecule has 0 bridgehead atoms. The molecule has 0 saturated heterocycles. The molecule has 2 aromatic heterocycles. The third-order valence-corrected chi connectivity index (χ3v) is 2.78. The topological polar surface area (TPSA) is 66.5 Å². The van der Waals surface area contributed by atoms with Gasteiger partial charge >= 0.3 is 0 Å². The van der Waals surface area contributed by atoms with E-state index in [0.717, 1.165) is 6.07 Å². The standard InChI is InChI=1S/C12H8F3N5/c13-7-2-1-6(8(14)9(7)15)3-16-11-10-12(18-4-17-10)20-5-19-11/h1-2,4-5H,3H2,(H2,16,17,18,19,20). The lowest BCUT2D eigenvalue weighted by Gasteiger charge is -2.07. The maximum Gasteiger partial charge on any atom is 0.194 e. The Labute approximate surface area is 110 Å². The number of hydrogen-bond acceptors (Lipinski definition) is 4. The summed E-state index contributed by atoms with van der Waals surface area (Å²) in [6.07, 6.45) is 2.75. The van der Waals surface area contributed by atoms with Crippen molar-refractivity contribution >= 4 is 17.0 Å². The molecule has 0 unspecified atom stereocenters. The number of hydrogen-bond donors (Lipinski definition) is 2. The highest BCUT2D eigenvalue weighted by Crippen LogP contribution is 2.18. The molecule has 0 amide bonds. The van der Waals surface area contributed by atoms with Gasteiger partial charge in [0.15, 0.2) is 28.9 Å². The van der Waals surface area contributed by atoms with Crippen LogP contribution in [0.15, 0.2) is 24.8 Å². The fourth-order valence-electron chi connectivity index (χ4n) is 1.78. The number of aromatic nitrogens is 4. The molecule has 0 aliphatic heterocycles. The van der Waals surface area contributed by atoms with Crippen LogP contribution in [0.4, 0.5) is 19.0 Å². The van der Waals surface area contributed by atoms with Crippen molar-refractivity contribution < 1.29 is 13.2 Å². The van der Waals surface area contributed by atoms with Crippen LogP contribution in [0.3, 0.4) is 0 Å². The highest BCUT2D eigenvalue weighted by molar-refractivity contribution is 5.81. The maximum absolute atomic E-state index is 13.5. The zero-order valence-electron chi connectivity index (χ0n) is 9.99. The first-order valence-corrected chi connectivity index (χ1v) is 5.67. The third kappa shape index (κ3) is 2.04. The molecular weight excluding hydrogens is 271 g/mol. The van der Waals surface area contributed by atoms with E-state index < -0.39 is 17.5 Å². The van der Waals surface area contributed by atoms with Crippen molar-refractivity contribution in [1.82, 2.24) is 19.9 Å². The van der Waals surface area contributed by atoms with Gasteiger partial charge in [-0.1, -0.05) is 6.07 Å². The average Bonchev–Trinajstić information content (AvgIpc) is 2.93. The summed E-state index contributed by atoms with van der Waals surface area (Å²) in [6.45, 7) is -0.0475. The van der Waals surface area contributed by atoms with Crippen molar-refractivity contribution in [3.05, 3.63) is 47.8 Å². The van der Waals surface area contributed by atoms with Crippen LogP contribution >= 0.6 is 0 Å². The number of rotatable bonds is 3. The van der Waals surface area contributed by atoms with Crippen LogP contribution in [-0.2, 0) is 6.54 Å². The number of aromatic amines is 1. The van der Waals surface area contributed by atoms with E-state index in [2.05, 4.69) is 25.3 Å². The first kappa shape index (κ1) is 12.4. The second kappa shape index (κ2) is 4.80. The van der Waals surface area contributed by atoms with Crippen LogP contribution in [0.2, 0.25) is 0 Å². The molecule has 0 aliphatic rings. The molecule has 8 heteroatoms. The Morgan fingerprint density at radius 1 is 1.05 bits per heavy atom. The number of halogens is 3. The lowest BCUT2D eigenvalue weighted by Crippen LogP contribution is -2.06. The summed E-state index contributed by atoms with van der Waals surface area (Å²) in [6, 6.07) is 2.05. The average molecular weight is 279 g/mol. The number of nitrogens with zero attached hydrogens (tertiary/aromatic N) is 3. The molecule has 0 radical (unpaired) electrons. The molecule has 0 aliphatic carbocycles. The van der Waals surface area contributed by atoms with Crippen LogP contribution in [0, 0.1) is 17.5 Å². The van der Waals surface area contributed by atoms with Gasteiger partial charge in [0.1, 0.15) is 11.8 Å². The van der Waals surface area contributed by atoms with Crippen molar-refractivity contribution in [2.24, 2.45) is 0 Å². The van der Waals surface area contributed by atoms with Gasteiger partial charge in [0.2, 0.25) is 0 Å². The predicted octanol–water partition coefficient (Wildman–Crippen LogP) is 2.38. The fourth-order valence-corrected chi connectivity index (χ4v) is 1.78. The van der Waals surface area contributed by atoms with Gasteiger partial charge in [-0.05, 0) is 6.07 Å². The summed E-state index contributed by atoms with van der Waals surface area (Å²) in [4.78, 5) is 14.7. The van der Waals surface area contributed by atoms with Crippen molar-refractivity contribution in [3.8, 4) is 0 Å². The highest BCUT2D eigenvalue weighted by atomic mass is 19.2. The van der Waals surface area contributed by atoms with Gasteiger partial charge in [-0.15, -0.1) is 0 Å². The number of fused-ring (bicyclic) bond motifs is 1. The van der Waals surface area contributed by atoms with E-state index in [-0.39, 0.29) is 12.1 Å². The maximum atomic E-state index is 13.5. The monoisotopic (exact) mass is 279 g/mol. The molecule has 3 rings (SSSR count). The minimum absolute atomic E-state index is 0.00447. The van der Waals surface area contributed by atoms with Crippen LogP contribution in [0.5, 0.6) is 0 Å². The van der Waals surface area contributed by atoms with Crippen LogP contribution < -0.4 is 5.32 Å². The van der Waals surface area contributed by atoms with E-state index in [1.54, 1.807) is 0 Å². The van der Waals surface area contributed by atoms with Gasteiger partial charge in [0.05, 0.1) is 6.33 Å². The molecule has 0 spiro atoms. The second-order valence-electron chi connectivity index (χ2n) is 4.01. The van der Waals surface area contributed by atoms with Gasteiger partial charge in [0.25, 0.3) is 0 Å². The van der Waals surface area contributed by atoms with E-state index in [1.165, 1.54) is 18.7 Å². The largest absolute Gasteiger partial charge is 0.364 e. The lowest BCUT2D eigenvalue weighted by atomic mass is 10.2. The van der Waals surface area contributed by atoms with E-state index in [0.29, 0.717) is 17.0 Å². The molecule has 3 aromatic rings. The predicted molar refractivity (Wildman–Crippen MR) is 65.3 cm³/mol. The molecule has 2 N–H and O–H groups in total. The summed E-state index contributed by atoms with van der Waals surface area (Å²) in [5, 5.41) is 2.83. The third-order valence-electron chi connectivity index (χ3n) is 2.78. The summed E-state index contributed by atoms with van der Waals surface area (Å²) in [5.41, 5.74) is 0.999. The van der Waals surface area contributed by atoms with Crippen LogP contribution in [-0.4, -0.2) is 19.9 Å². The second-order valence-corrected chi connectivity index (χ2v) is 4.01. The van der Waals surface area contributed by atoms with Crippen LogP contribution in [0.1, 0.15) is 5.56 Å². The Morgan fingerprint density at radius 3 is 2.75 bits per heavy atom. The number of H-pyrrole nitrogens is 1. The lowest BCUT2D eigenvalue weighted by molar-refractivity contribution is 0.442. The SMILES string of the molecule is Fc1ccc(CNc2ncnc3nc[nH]c23)c(F)c1F. The van der Waals surface area contributed by atoms with Crippen molar-refractivity contribution in [1.29, 1.82) is 0 Å². The van der Waals surface area contributed by atoms with Crippen molar-refractivity contribution in [2.75, 3.05) is 5.32 Å². The quantitative estimate of drug-likeness (QED) is 0.722. The summed E-state index contributed by atoms with van der Waals surface area (Å²) in [7, 11) is 0. The Balaban J connectivity index is 1.87. The molecule has 2 heterocycles. The number of nitrogens with one attached hydrogen (secondary N) is 2. The van der Waals surface area contributed by atoms with E-state index >= 15 is 0 Å². The van der Waals surface area contributed by atoms with Crippen molar-refractivity contribution in [3.63, 3.8) is 0 Å². The Kier molecular flexibility index (Phi) is 2.97. The first-order valence-electron chi connectivity index (χ1n) is 5.67. The van der Waals surface area contributed by atoms with Gasteiger partial charge in [-0.3, -0.25) is 0 Å². The molecule has 1 aromatic carbocycles. The van der Waals surface area contributed by atoms with E-state index in [9.17, 15) is 13.2 Å². The smallest absolute Gasteiger partial charge is 0.194 e. The molecular formula is C12H8F3N5. The molecule has 0 fully saturated rings. The van der Waals surface area contributed by atoms with E-state index in [4.69, 9.17) is 0 Å². The Bertz CT molecular complexity index is 771. The molecule has 102 valence electrons. The normalized spacial score (nSPS) is 10.9. The number of imidazole rings is 1. The Hall–Kier alpha value is -2.64. The number of benzene rings is 1. The minimum Gasteiger partial charge on any atom is -0.364 e. The van der Waals surface area contributed by atoms with E-state index in [1.807, 2.05) is 0 Å². The highest BCUT2D eigenvalue weighted by Gasteiger charge is 2.13. The van der Waals surface area contributed by atoms with Gasteiger partial charge in [-0.2, -0.15) is 0 Å². The molecule has 20 heavy (non-hydrogen) atoms. The summed E-state index contributed by atoms with van der Waals surface area (Å²) < 4.78 is 39.4. The van der Waals surface area contributed by atoms with Crippen molar-refractivity contribution in [2.45, 2.75) is 6.54 Å². The van der Waals surface area contributed by atoms with Crippen LogP contribution in [0.25, 0.3) is 11.2 Å². The number of anilines is 1. The molecule has 0 saturated carbocycles. The molecule has 5 nitrogen and oxygen atoms in total. The zero-order chi connectivity index (χ0) is 14.1. The zero-order valence-corrected chi connectivity index (χ0v) is 9.99. The van der Waals surface area contributed by atoms with Gasteiger partial charge < -0.3 is 10.3 Å².